The molecule has 59 heavy (non-hydrogen) atoms. The second kappa shape index (κ2) is 21.8. The zero-order chi connectivity index (χ0) is 43.2. The van der Waals surface area contributed by atoms with Crippen molar-refractivity contribution in [2.45, 2.75) is 116 Å². The summed E-state index contributed by atoms with van der Waals surface area (Å²) in [5, 5.41) is 29.1. The van der Waals surface area contributed by atoms with Crippen LogP contribution in [0.5, 0.6) is 0 Å². The summed E-state index contributed by atoms with van der Waals surface area (Å²) in [6.45, 7) is 10.7. The minimum Gasteiger partial charge on any atom is -0.390 e. The average Bonchev–Trinajstić information content (AvgIpc) is 3.18. The van der Waals surface area contributed by atoms with Crippen molar-refractivity contribution in [2.24, 2.45) is 17.6 Å². The van der Waals surface area contributed by atoms with Gasteiger partial charge in [0.2, 0.25) is 35.4 Å². The highest BCUT2D eigenvalue weighted by atomic mass is 16.3. The van der Waals surface area contributed by atoms with Crippen molar-refractivity contribution in [3.8, 4) is 0 Å². The molecule has 0 saturated carbocycles. The van der Waals surface area contributed by atoms with Crippen molar-refractivity contribution in [2.75, 3.05) is 0 Å². The highest BCUT2D eigenvalue weighted by Crippen LogP contribution is 2.22. The van der Waals surface area contributed by atoms with Gasteiger partial charge < -0.3 is 37.4 Å². The molecule has 4 rings (SSSR count). The van der Waals surface area contributed by atoms with Crippen LogP contribution in [0, 0.1) is 11.8 Å². The fraction of sp³-hybridized carbons (Fsp3) is 0.435. The van der Waals surface area contributed by atoms with Gasteiger partial charge in [-0.15, -0.1) is 0 Å². The van der Waals surface area contributed by atoms with E-state index in [0.29, 0.717) is 6.42 Å². The van der Waals surface area contributed by atoms with Crippen LogP contribution >= 0.6 is 0 Å². The first-order valence-corrected chi connectivity index (χ1v) is 20.4. The first-order valence-electron chi connectivity index (χ1n) is 20.4. The molecule has 0 bridgehead atoms. The van der Waals surface area contributed by atoms with E-state index >= 15 is 0 Å². The first kappa shape index (κ1) is 45.9. The van der Waals surface area contributed by atoms with Crippen molar-refractivity contribution in [1.82, 2.24) is 26.6 Å². The molecule has 0 fully saturated rings. The summed E-state index contributed by atoms with van der Waals surface area (Å²) in [7, 11) is 0. The summed E-state index contributed by atoms with van der Waals surface area (Å²) in [6.07, 6.45) is -0.673. The van der Waals surface area contributed by atoms with Crippen molar-refractivity contribution < 1.29 is 33.9 Å². The number of nitrogens with two attached hydrogens (primary N) is 1. The van der Waals surface area contributed by atoms with Crippen LogP contribution in [0.1, 0.15) is 78.4 Å². The molecule has 6 unspecified atom stereocenters. The maximum Gasteiger partial charge on any atom is 0.243 e. The van der Waals surface area contributed by atoms with Gasteiger partial charge in [-0.05, 0) is 63.8 Å². The van der Waals surface area contributed by atoms with E-state index in [2.05, 4.69) is 26.6 Å². The second-order valence-electron chi connectivity index (χ2n) is 16.1. The van der Waals surface area contributed by atoms with Gasteiger partial charge in [-0.3, -0.25) is 28.8 Å². The Hall–Kier alpha value is -5.82. The van der Waals surface area contributed by atoms with Gasteiger partial charge in [0.05, 0.1) is 18.6 Å². The van der Waals surface area contributed by atoms with Gasteiger partial charge in [-0.25, -0.2) is 0 Å². The van der Waals surface area contributed by atoms with E-state index in [1.54, 1.807) is 6.92 Å². The Balaban J connectivity index is 1.42. The largest absolute Gasteiger partial charge is 0.390 e. The summed E-state index contributed by atoms with van der Waals surface area (Å²) in [5.41, 5.74) is 7.39. The Bertz CT molecular complexity index is 2090. The molecule has 0 heterocycles. The van der Waals surface area contributed by atoms with Gasteiger partial charge in [-0.2, -0.15) is 0 Å². The third kappa shape index (κ3) is 13.6. The quantitative estimate of drug-likeness (QED) is 0.0659. The molecular formula is C46H60N6O7. The molecule has 0 aliphatic rings. The minimum atomic E-state index is -1.35. The Kier molecular flexibility index (Phi) is 17.0. The number of rotatable bonds is 21. The Morgan fingerprint density at radius 1 is 0.576 bits per heavy atom. The summed E-state index contributed by atoms with van der Waals surface area (Å²) < 4.78 is 0. The third-order valence-electron chi connectivity index (χ3n) is 10.3. The van der Waals surface area contributed by atoms with E-state index in [0.717, 1.165) is 32.7 Å². The van der Waals surface area contributed by atoms with E-state index in [9.17, 15) is 33.9 Å². The van der Waals surface area contributed by atoms with E-state index in [4.69, 9.17) is 5.73 Å². The number of carbonyl (C=O) groups is 6. The lowest BCUT2D eigenvalue weighted by Crippen LogP contribution is -2.57. The van der Waals surface area contributed by atoms with Crippen LogP contribution in [-0.2, 0) is 41.6 Å². The smallest absolute Gasteiger partial charge is 0.243 e. The van der Waals surface area contributed by atoms with E-state index in [-0.39, 0.29) is 37.5 Å². The molecule has 0 radical (unpaired) electrons. The Labute approximate surface area is 346 Å². The molecule has 6 amide bonds. The SMILES string of the molecule is CCC(NC(=O)CC(O)C(CC(C)C)NC(=O)C(CC(C)C)NC(=O)C(Cc1cccc2ccccc12)NC(C)=O)C(=O)NC(Cc1cccc2ccccc12)C(N)=O. The molecule has 13 heteroatoms. The number of fused-ring (bicyclic) bond motifs is 2. The van der Waals surface area contributed by atoms with Crippen LogP contribution in [0.2, 0.25) is 0 Å². The second-order valence-corrected chi connectivity index (χ2v) is 16.1. The highest BCUT2D eigenvalue weighted by Gasteiger charge is 2.32. The molecule has 0 aliphatic carbocycles. The van der Waals surface area contributed by atoms with E-state index in [1.807, 2.05) is 113 Å². The van der Waals surface area contributed by atoms with Gasteiger partial charge in [-0.1, -0.05) is 120 Å². The minimum absolute atomic E-state index is 0.00243. The normalized spacial score (nSPS) is 14.5. The fourth-order valence-electron chi connectivity index (χ4n) is 7.35. The van der Waals surface area contributed by atoms with Crippen LogP contribution in [0.4, 0.5) is 0 Å². The van der Waals surface area contributed by atoms with E-state index in [1.165, 1.54) is 6.92 Å². The zero-order valence-electron chi connectivity index (χ0n) is 34.9. The molecule has 6 atom stereocenters. The molecular weight excluding hydrogens is 749 g/mol. The first-order chi connectivity index (χ1) is 28.1. The summed E-state index contributed by atoms with van der Waals surface area (Å²) in [6, 6.07) is 21.9. The van der Waals surface area contributed by atoms with Gasteiger partial charge in [0.25, 0.3) is 0 Å². The van der Waals surface area contributed by atoms with Gasteiger partial charge in [0, 0.05) is 19.8 Å². The van der Waals surface area contributed by atoms with Gasteiger partial charge >= 0.3 is 0 Å². The lowest BCUT2D eigenvalue weighted by Gasteiger charge is -2.30. The number of hydrogen-bond acceptors (Lipinski definition) is 7. The number of nitrogens with one attached hydrogen (secondary N) is 5. The number of amides is 6. The lowest BCUT2D eigenvalue weighted by atomic mass is 9.95. The maximum absolute atomic E-state index is 13.9. The van der Waals surface area contributed by atoms with Gasteiger partial charge in [0.1, 0.15) is 24.2 Å². The highest BCUT2D eigenvalue weighted by molar-refractivity contribution is 5.94. The third-order valence-corrected chi connectivity index (χ3v) is 10.3. The number of benzene rings is 4. The van der Waals surface area contributed by atoms with Crippen molar-refractivity contribution in [3.63, 3.8) is 0 Å². The molecule has 4 aromatic rings. The van der Waals surface area contributed by atoms with Gasteiger partial charge in [0.15, 0.2) is 0 Å². The summed E-state index contributed by atoms with van der Waals surface area (Å²) in [5.74, 6) is -3.44. The number of primary amides is 1. The molecule has 0 aliphatic heterocycles. The number of aliphatic hydroxyl groups excluding tert-OH is 1. The number of carbonyl (C=O) groups excluding carboxylic acids is 6. The lowest BCUT2D eigenvalue weighted by molar-refractivity contribution is -0.133. The fourth-order valence-corrected chi connectivity index (χ4v) is 7.35. The van der Waals surface area contributed by atoms with Crippen molar-refractivity contribution >= 4 is 57.0 Å². The maximum atomic E-state index is 13.9. The predicted octanol–water partition coefficient (Wildman–Crippen LogP) is 3.96. The van der Waals surface area contributed by atoms with Crippen LogP contribution in [0.3, 0.4) is 0 Å². The molecule has 316 valence electrons. The van der Waals surface area contributed by atoms with Crippen molar-refractivity contribution in [3.05, 3.63) is 96.1 Å². The van der Waals surface area contributed by atoms with Crippen LogP contribution in [0.15, 0.2) is 84.9 Å². The standard InChI is InChI=1S/C46H60N6O7/c1-7-36(44(57)51-38(43(47)56)24-32-18-12-16-30-14-8-10-20-34(30)32)49-42(55)26-41(54)37(22-27(2)3)50-45(58)39(23-28(4)5)52-46(59)40(48-29(6)53)25-33-19-13-17-31-15-9-11-21-35(31)33/h8-21,27-28,36-41,54H,7,22-26H2,1-6H3,(H2,47,56)(H,48,53)(H,49,55)(H,50,58)(H,51,57)(H,52,59). The summed E-state index contributed by atoms with van der Waals surface area (Å²) >= 11 is 0. The molecule has 0 aromatic heterocycles. The van der Waals surface area contributed by atoms with Crippen LogP contribution in [-0.4, -0.2) is 76.9 Å². The summed E-state index contributed by atoms with van der Waals surface area (Å²) in [4.78, 5) is 79.2. The number of aliphatic hydroxyl groups is 1. The zero-order valence-corrected chi connectivity index (χ0v) is 34.9. The molecule has 0 spiro atoms. The Morgan fingerprint density at radius 3 is 1.56 bits per heavy atom. The topological polar surface area (TPSA) is 209 Å². The average molecular weight is 809 g/mol. The van der Waals surface area contributed by atoms with Crippen LogP contribution < -0.4 is 32.3 Å². The molecule has 13 nitrogen and oxygen atoms in total. The van der Waals surface area contributed by atoms with Crippen molar-refractivity contribution in [1.29, 1.82) is 0 Å². The Morgan fingerprint density at radius 2 is 1.05 bits per heavy atom. The molecule has 0 saturated heterocycles. The predicted molar refractivity (Wildman–Crippen MR) is 230 cm³/mol. The molecule has 4 aromatic carbocycles. The molecule has 8 N–H and O–H groups in total. The number of hydrogen-bond donors (Lipinski definition) is 7. The van der Waals surface area contributed by atoms with E-state index < -0.39 is 78.2 Å². The van der Waals surface area contributed by atoms with Crippen LogP contribution in [0.25, 0.3) is 21.5 Å². The monoisotopic (exact) mass is 808 g/mol.